The lowest BCUT2D eigenvalue weighted by atomic mass is 10.0. The molecule has 0 unspecified atom stereocenters. The molecule has 0 atom stereocenters. The molecule has 1 heterocycles. The Morgan fingerprint density at radius 1 is 1.08 bits per heavy atom. The minimum absolute atomic E-state index is 0.123. The number of carbonyl (C=O) groups is 1. The highest BCUT2D eigenvalue weighted by Gasteiger charge is 2.38. The molecule has 0 saturated heterocycles. The minimum atomic E-state index is -4.79. The van der Waals surface area contributed by atoms with Crippen molar-refractivity contribution in [3.63, 3.8) is 0 Å². The van der Waals surface area contributed by atoms with Gasteiger partial charge in [0.2, 0.25) is 0 Å². The second kappa shape index (κ2) is 6.17. The lowest BCUT2D eigenvalue weighted by Gasteiger charge is -2.11. The Bertz CT molecular complexity index is 939. The summed E-state index contributed by atoms with van der Waals surface area (Å²) in [6.07, 6.45) is -4.79. The molecular weight excluding hydrogens is 361 g/mol. The summed E-state index contributed by atoms with van der Waals surface area (Å²) < 4.78 is 39.5. The molecule has 0 saturated carbocycles. The zero-order valence-electron chi connectivity index (χ0n) is 12.2. The lowest BCUT2D eigenvalue weighted by Crippen LogP contribution is -2.15. The van der Waals surface area contributed by atoms with Crippen LogP contribution in [0.4, 0.5) is 13.2 Å². The molecule has 1 aromatic heterocycles. The highest BCUT2D eigenvalue weighted by Crippen LogP contribution is 2.30. The Hall–Kier alpha value is -2.94. The van der Waals surface area contributed by atoms with Crippen LogP contribution in [0, 0.1) is 0 Å². The topological polar surface area (TPSA) is 80.9 Å². The molecule has 0 aliphatic heterocycles. The van der Waals surface area contributed by atoms with E-state index in [1.807, 2.05) is 0 Å². The summed E-state index contributed by atoms with van der Waals surface area (Å²) in [6.45, 7) is 0. The molecular formula is C15H8ClF3N4O2. The van der Waals surface area contributed by atoms with E-state index in [1.165, 1.54) is 12.1 Å². The van der Waals surface area contributed by atoms with Crippen molar-refractivity contribution >= 4 is 17.6 Å². The number of hydrogen-bond donors (Lipinski definition) is 1. The Kier molecular flexibility index (Phi) is 4.17. The molecule has 128 valence electrons. The Balaban J connectivity index is 2.20. The summed E-state index contributed by atoms with van der Waals surface area (Å²) in [5, 5.41) is 19.0. The first-order valence-electron chi connectivity index (χ1n) is 6.76. The van der Waals surface area contributed by atoms with Crippen molar-refractivity contribution < 1.29 is 23.1 Å². The number of aromatic nitrogens is 4. The number of benzene rings is 2. The van der Waals surface area contributed by atoms with Gasteiger partial charge in [-0.3, -0.25) is 0 Å². The standard InChI is InChI=1S/C15H8ClF3N4O2/c16-11-3-1-8(2-4-11)9-5-10(13(24)25)7-12(6-9)23-14(15(17,18)19)20-21-22-23/h1-7H,(H,24,25). The van der Waals surface area contributed by atoms with E-state index in [-0.39, 0.29) is 11.3 Å². The second-order valence-corrected chi connectivity index (χ2v) is 5.43. The number of carboxylic acid groups (broad SMARTS) is 1. The average Bonchev–Trinajstić information content (AvgIpc) is 3.05. The molecule has 6 nitrogen and oxygen atoms in total. The van der Waals surface area contributed by atoms with Crippen LogP contribution in [0.25, 0.3) is 16.8 Å². The zero-order chi connectivity index (χ0) is 18.2. The van der Waals surface area contributed by atoms with E-state index in [2.05, 4.69) is 15.5 Å². The van der Waals surface area contributed by atoms with Crippen LogP contribution in [0.1, 0.15) is 16.2 Å². The molecule has 0 radical (unpaired) electrons. The van der Waals surface area contributed by atoms with Crippen LogP contribution >= 0.6 is 11.6 Å². The number of rotatable bonds is 3. The van der Waals surface area contributed by atoms with Gasteiger partial charge < -0.3 is 5.11 Å². The first kappa shape index (κ1) is 16.9. The van der Waals surface area contributed by atoms with Gasteiger partial charge in [-0.15, -0.1) is 5.10 Å². The van der Waals surface area contributed by atoms with Crippen LogP contribution in [0.3, 0.4) is 0 Å². The zero-order valence-corrected chi connectivity index (χ0v) is 13.0. The van der Waals surface area contributed by atoms with Crippen LogP contribution < -0.4 is 0 Å². The molecule has 3 aromatic rings. The van der Waals surface area contributed by atoms with Crippen molar-refractivity contribution in [1.82, 2.24) is 20.2 Å². The third kappa shape index (κ3) is 3.45. The van der Waals surface area contributed by atoms with Crippen LogP contribution in [0.2, 0.25) is 5.02 Å². The van der Waals surface area contributed by atoms with Crippen molar-refractivity contribution in [3.8, 4) is 16.8 Å². The number of carboxylic acids is 1. The molecule has 0 aliphatic rings. The molecule has 3 rings (SSSR count). The van der Waals surface area contributed by atoms with Crippen LogP contribution in [0.5, 0.6) is 0 Å². The fourth-order valence-corrected chi connectivity index (χ4v) is 2.33. The average molecular weight is 369 g/mol. The fraction of sp³-hybridized carbons (Fsp3) is 0.0667. The van der Waals surface area contributed by atoms with Gasteiger partial charge in [-0.05, 0) is 51.9 Å². The van der Waals surface area contributed by atoms with Crippen molar-refractivity contribution in [1.29, 1.82) is 0 Å². The Labute approximate surface area is 143 Å². The SMILES string of the molecule is O=C(O)c1cc(-c2ccc(Cl)cc2)cc(-n2nnnc2C(F)(F)F)c1. The predicted molar refractivity (Wildman–Crippen MR) is 81.6 cm³/mol. The van der Waals surface area contributed by atoms with E-state index in [9.17, 15) is 23.1 Å². The maximum absolute atomic E-state index is 13.0. The highest BCUT2D eigenvalue weighted by molar-refractivity contribution is 6.30. The van der Waals surface area contributed by atoms with Gasteiger partial charge in [-0.25, -0.2) is 4.79 Å². The molecule has 1 N–H and O–H groups in total. The Morgan fingerprint density at radius 3 is 2.36 bits per heavy atom. The first-order chi connectivity index (χ1) is 11.8. The van der Waals surface area contributed by atoms with Crippen molar-refractivity contribution in [3.05, 3.63) is 58.9 Å². The van der Waals surface area contributed by atoms with Gasteiger partial charge in [0.15, 0.2) is 0 Å². The minimum Gasteiger partial charge on any atom is -0.478 e. The van der Waals surface area contributed by atoms with Gasteiger partial charge in [0.25, 0.3) is 5.82 Å². The summed E-state index contributed by atoms with van der Waals surface area (Å²) in [5.41, 5.74) is 0.638. The number of alkyl halides is 3. The number of hydrogen-bond acceptors (Lipinski definition) is 4. The van der Waals surface area contributed by atoms with E-state index in [4.69, 9.17) is 11.6 Å². The van der Waals surface area contributed by atoms with Crippen molar-refractivity contribution in [2.24, 2.45) is 0 Å². The smallest absolute Gasteiger partial charge is 0.453 e. The number of nitrogens with zero attached hydrogens (tertiary/aromatic N) is 4. The van der Waals surface area contributed by atoms with Crippen molar-refractivity contribution in [2.75, 3.05) is 0 Å². The summed E-state index contributed by atoms with van der Waals surface area (Å²) in [4.78, 5) is 11.3. The molecule has 25 heavy (non-hydrogen) atoms. The highest BCUT2D eigenvalue weighted by atomic mass is 35.5. The molecule has 10 heteroatoms. The monoisotopic (exact) mass is 368 g/mol. The maximum atomic E-state index is 13.0. The molecule has 0 spiro atoms. The molecule has 0 bridgehead atoms. The Morgan fingerprint density at radius 2 is 1.76 bits per heavy atom. The van der Waals surface area contributed by atoms with Gasteiger partial charge >= 0.3 is 12.1 Å². The number of aromatic carboxylic acids is 1. The van der Waals surface area contributed by atoms with Crippen molar-refractivity contribution in [2.45, 2.75) is 6.18 Å². The second-order valence-electron chi connectivity index (χ2n) is 4.99. The molecule has 0 fully saturated rings. The summed E-state index contributed by atoms with van der Waals surface area (Å²) in [7, 11) is 0. The van der Waals surface area contributed by atoms with Gasteiger partial charge in [-0.1, -0.05) is 23.7 Å². The third-order valence-corrected chi connectivity index (χ3v) is 3.56. The normalized spacial score (nSPS) is 11.5. The number of halogens is 4. The van der Waals surface area contributed by atoms with Crippen LogP contribution in [0.15, 0.2) is 42.5 Å². The fourth-order valence-electron chi connectivity index (χ4n) is 2.20. The van der Waals surface area contributed by atoms with Crippen LogP contribution in [-0.4, -0.2) is 31.3 Å². The summed E-state index contributed by atoms with van der Waals surface area (Å²) in [6, 6.07) is 10.2. The van der Waals surface area contributed by atoms with E-state index < -0.39 is 18.0 Å². The van der Waals surface area contributed by atoms with E-state index in [1.54, 1.807) is 24.3 Å². The molecule has 0 amide bonds. The lowest BCUT2D eigenvalue weighted by molar-refractivity contribution is -0.146. The largest absolute Gasteiger partial charge is 0.478 e. The predicted octanol–water partition coefficient (Wildman–Crippen LogP) is 3.70. The summed E-state index contributed by atoms with van der Waals surface area (Å²) in [5.74, 6) is -2.64. The van der Waals surface area contributed by atoms with Gasteiger partial charge in [-0.2, -0.15) is 17.9 Å². The third-order valence-electron chi connectivity index (χ3n) is 3.31. The number of tetrazole rings is 1. The van der Waals surface area contributed by atoms with Gasteiger partial charge in [0, 0.05) is 5.02 Å². The molecule has 0 aliphatic carbocycles. The van der Waals surface area contributed by atoms with E-state index in [0.717, 1.165) is 6.07 Å². The van der Waals surface area contributed by atoms with E-state index >= 15 is 0 Å². The first-order valence-corrected chi connectivity index (χ1v) is 7.14. The van der Waals surface area contributed by atoms with Crippen LogP contribution in [-0.2, 0) is 6.18 Å². The quantitative estimate of drug-likeness (QED) is 0.762. The molecule has 2 aromatic carbocycles. The summed E-state index contributed by atoms with van der Waals surface area (Å²) >= 11 is 5.81. The van der Waals surface area contributed by atoms with Gasteiger partial charge in [0.1, 0.15) is 0 Å². The maximum Gasteiger partial charge on any atom is 0.453 e. The van der Waals surface area contributed by atoms with Gasteiger partial charge in [0.05, 0.1) is 11.3 Å². The van der Waals surface area contributed by atoms with E-state index in [0.29, 0.717) is 20.8 Å².